The summed E-state index contributed by atoms with van der Waals surface area (Å²) in [6, 6.07) is 26.1. The number of nitrogens with zero attached hydrogens (tertiary/aromatic N) is 2. The van der Waals surface area contributed by atoms with Crippen molar-refractivity contribution < 1.29 is 28.5 Å². The molecule has 4 aromatic rings. The van der Waals surface area contributed by atoms with Crippen molar-refractivity contribution >= 4 is 44.6 Å². The fourth-order valence-electron chi connectivity index (χ4n) is 4.03. The van der Waals surface area contributed by atoms with Crippen LogP contribution in [-0.2, 0) is 6.54 Å². The molecule has 0 N–H and O–H groups in total. The van der Waals surface area contributed by atoms with Gasteiger partial charge in [0.15, 0.2) is 0 Å². The van der Waals surface area contributed by atoms with Gasteiger partial charge >= 0.3 is 0 Å². The van der Waals surface area contributed by atoms with Gasteiger partial charge in [-0.2, -0.15) is 4.57 Å². The van der Waals surface area contributed by atoms with Crippen LogP contribution in [0.15, 0.2) is 72.8 Å². The Balaban J connectivity index is 0.00000192. The maximum atomic E-state index is 2.41. The van der Waals surface area contributed by atoms with Crippen LogP contribution in [0, 0.1) is 0 Å². The third kappa shape index (κ3) is 2.95. The van der Waals surface area contributed by atoms with Crippen molar-refractivity contribution in [2.45, 2.75) is 13.5 Å². The van der Waals surface area contributed by atoms with Crippen LogP contribution in [0.2, 0.25) is 0 Å². The Morgan fingerprint density at radius 2 is 1.43 bits per heavy atom. The Bertz CT molecular complexity index is 1140. The van der Waals surface area contributed by atoms with E-state index in [4.69, 9.17) is 0 Å². The highest BCUT2D eigenvalue weighted by atomic mass is 127. The van der Waals surface area contributed by atoms with Crippen molar-refractivity contribution in [1.82, 2.24) is 0 Å². The molecule has 28 heavy (non-hydrogen) atoms. The summed E-state index contributed by atoms with van der Waals surface area (Å²) < 4.78 is 3.75. The number of benzene rings is 3. The average Bonchev–Trinajstić information content (AvgIpc) is 3.08. The predicted octanol–water partition coefficient (Wildman–Crippen LogP) is 2.88. The zero-order chi connectivity index (χ0) is 18.4. The van der Waals surface area contributed by atoms with E-state index >= 15 is 0 Å². The van der Waals surface area contributed by atoms with Crippen LogP contribution in [-0.4, -0.2) is 7.05 Å². The number of anilines is 2. The van der Waals surface area contributed by atoms with E-state index in [2.05, 4.69) is 102 Å². The Kier molecular flexibility index (Phi) is 5.25. The Labute approximate surface area is 186 Å². The lowest BCUT2D eigenvalue weighted by Gasteiger charge is -2.31. The van der Waals surface area contributed by atoms with Crippen LogP contribution in [0.5, 0.6) is 0 Å². The first-order valence-corrected chi connectivity index (χ1v) is 10.1. The van der Waals surface area contributed by atoms with Crippen molar-refractivity contribution in [1.29, 1.82) is 0 Å². The van der Waals surface area contributed by atoms with Gasteiger partial charge in [-0.25, -0.2) is 0 Å². The number of hydrogen-bond acceptors (Lipinski definition) is 2. The number of thiazole rings is 1. The second kappa shape index (κ2) is 7.68. The normalized spacial score (nSPS) is 12.4. The van der Waals surface area contributed by atoms with Gasteiger partial charge in [0.1, 0.15) is 11.2 Å². The topological polar surface area (TPSA) is 7.12 Å². The van der Waals surface area contributed by atoms with Gasteiger partial charge in [-0.3, -0.25) is 0 Å². The van der Waals surface area contributed by atoms with E-state index in [1.165, 1.54) is 43.3 Å². The minimum absolute atomic E-state index is 0. The highest BCUT2D eigenvalue weighted by molar-refractivity contribution is 7.18. The van der Waals surface area contributed by atoms with Gasteiger partial charge in [0, 0.05) is 47.3 Å². The molecule has 0 atom stereocenters. The smallest absolute Gasteiger partial charge is 0.263 e. The maximum Gasteiger partial charge on any atom is 0.263 e. The van der Waals surface area contributed by atoms with Gasteiger partial charge in [-0.15, -0.1) is 0 Å². The van der Waals surface area contributed by atoms with E-state index in [9.17, 15) is 0 Å². The van der Waals surface area contributed by atoms with Crippen molar-refractivity contribution in [3.8, 4) is 0 Å². The highest BCUT2D eigenvalue weighted by Gasteiger charge is 2.25. The summed E-state index contributed by atoms with van der Waals surface area (Å²) in [5.74, 6) is 0. The van der Waals surface area contributed by atoms with Crippen LogP contribution in [0.25, 0.3) is 21.9 Å². The number of hydrogen-bond donors (Lipinski definition) is 0. The van der Waals surface area contributed by atoms with Crippen LogP contribution in [0.3, 0.4) is 0 Å². The van der Waals surface area contributed by atoms with Gasteiger partial charge in [0.05, 0.1) is 0 Å². The fourth-order valence-corrected chi connectivity index (χ4v) is 5.20. The SMILES string of the molecule is CC[n+]1c(C=C2c3ccccc3N(C)c3ccccc32)sc2ccccc21.[I-]. The third-order valence-corrected chi connectivity index (χ3v) is 6.44. The summed E-state index contributed by atoms with van der Waals surface area (Å²) in [5, 5.41) is 1.29. The first-order valence-electron chi connectivity index (χ1n) is 9.33. The summed E-state index contributed by atoms with van der Waals surface area (Å²) in [6.45, 7) is 3.18. The lowest BCUT2D eigenvalue weighted by Crippen LogP contribution is -3.00. The van der Waals surface area contributed by atoms with Crippen LogP contribution < -0.4 is 33.4 Å². The number of aromatic nitrogens is 1. The molecule has 0 spiro atoms. The van der Waals surface area contributed by atoms with Crippen molar-refractivity contribution in [2.24, 2.45) is 0 Å². The standard InChI is InChI=1S/C24H21N2S.HI/c1-3-26-22-14-8-9-15-23(22)27-24(26)16-19-17-10-4-6-12-20(17)25(2)21-13-7-5-11-18(19)21;/h4-16H,3H2,1-2H3;1H/q+1;/p-1. The molecule has 0 fully saturated rings. The van der Waals surface area contributed by atoms with Crippen molar-refractivity contribution in [3.63, 3.8) is 0 Å². The minimum Gasteiger partial charge on any atom is -1.00 e. The molecule has 0 radical (unpaired) electrons. The Morgan fingerprint density at radius 3 is 2.07 bits per heavy atom. The predicted molar refractivity (Wildman–Crippen MR) is 116 cm³/mol. The van der Waals surface area contributed by atoms with E-state index in [0.29, 0.717) is 0 Å². The van der Waals surface area contributed by atoms with Crippen LogP contribution >= 0.6 is 11.3 Å². The molecule has 1 aliphatic heterocycles. The second-order valence-corrected chi connectivity index (χ2v) is 7.87. The van der Waals surface area contributed by atoms with Gasteiger partial charge in [-0.05, 0) is 25.1 Å². The van der Waals surface area contributed by atoms with Crippen LogP contribution in [0.4, 0.5) is 11.4 Å². The molecule has 0 saturated carbocycles. The summed E-state index contributed by atoms with van der Waals surface area (Å²) in [5.41, 5.74) is 7.70. The van der Waals surface area contributed by atoms with Gasteiger partial charge in [-0.1, -0.05) is 59.9 Å². The molecular weight excluding hydrogens is 475 g/mol. The van der Waals surface area contributed by atoms with Crippen LogP contribution in [0.1, 0.15) is 23.1 Å². The molecule has 2 nitrogen and oxygen atoms in total. The average molecular weight is 496 g/mol. The van der Waals surface area contributed by atoms with E-state index in [1.54, 1.807) is 0 Å². The number of para-hydroxylation sites is 3. The zero-order valence-corrected chi connectivity index (χ0v) is 18.9. The van der Waals surface area contributed by atoms with E-state index < -0.39 is 0 Å². The molecule has 0 aliphatic carbocycles. The summed E-state index contributed by atoms with van der Waals surface area (Å²) in [6.07, 6.45) is 2.37. The van der Waals surface area contributed by atoms with E-state index in [0.717, 1.165) is 6.54 Å². The minimum atomic E-state index is 0. The molecule has 1 aromatic heterocycles. The summed E-state index contributed by atoms with van der Waals surface area (Å²) >= 11 is 1.87. The molecule has 140 valence electrons. The molecule has 0 amide bonds. The van der Waals surface area contributed by atoms with E-state index in [-0.39, 0.29) is 24.0 Å². The number of halogens is 1. The van der Waals surface area contributed by atoms with Crippen molar-refractivity contribution in [3.05, 3.63) is 88.9 Å². The molecular formula is C24H21IN2S. The molecule has 1 aliphatic rings. The fraction of sp³-hybridized carbons (Fsp3) is 0.125. The van der Waals surface area contributed by atoms with Gasteiger partial charge in [0.25, 0.3) is 5.01 Å². The number of aryl methyl sites for hydroxylation is 1. The second-order valence-electron chi connectivity index (χ2n) is 6.80. The molecule has 5 rings (SSSR count). The highest BCUT2D eigenvalue weighted by Crippen LogP contribution is 2.44. The number of rotatable bonds is 2. The molecule has 3 aromatic carbocycles. The first-order chi connectivity index (χ1) is 13.3. The quantitative estimate of drug-likeness (QED) is 0.306. The summed E-state index contributed by atoms with van der Waals surface area (Å²) in [7, 11) is 2.15. The zero-order valence-electron chi connectivity index (χ0n) is 15.9. The monoisotopic (exact) mass is 496 g/mol. The maximum absolute atomic E-state index is 2.41. The molecule has 2 heterocycles. The molecule has 0 unspecified atom stereocenters. The van der Waals surface area contributed by atoms with E-state index in [1.807, 2.05) is 11.3 Å². The lowest BCUT2D eigenvalue weighted by molar-refractivity contribution is -0.665. The van der Waals surface area contributed by atoms with Crippen molar-refractivity contribution in [2.75, 3.05) is 11.9 Å². The molecule has 0 bridgehead atoms. The number of fused-ring (bicyclic) bond motifs is 3. The first kappa shape index (κ1) is 19.2. The van der Waals surface area contributed by atoms with Gasteiger partial charge < -0.3 is 28.9 Å². The third-order valence-electron chi connectivity index (χ3n) is 5.33. The Hall–Kier alpha value is -2.18. The molecule has 4 heteroatoms. The lowest BCUT2D eigenvalue weighted by atomic mass is 9.90. The Morgan fingerprint density at radius 1 is 0.857 bits per heavy atom. The molecule has 0 saturated heterocycles. The summed E-state index contributed by atoms with van der Waals surface area (Å²) in [4.78, 5) is 2.29. The largest absolute Gasteiger partial charge is 1.00 e. The van der Waals surface area contributed by atoms with Gasteiger partial charge in [0.2, 0.25) is 5.52 Å².